The predicted octanol–water partition coefficient (Wildman–Crippen LogP) is 4.43. The van der Waals surface area contributed by atoms with Gasteiger partial charge in [-0.2, -0.15) is 5.26 Å². The van der Waals surface area contributed by atoms with Gasteiger partial charge in [0.2, 0.25) is 0 Å². The lowest BCUT2D eigenvalue weighted by Crippen LogP contribution is -2.30. The normalized spacial score (nSPS) is 11.6. The molecule has 0 unspecified atom stereocenters. The number of carbonyl (C=O) groups excluding carboxylic acids is 1. The molecule has 136 valence electrons. The average molecular weight is 357 g/mol. The average Bonchev–Trinajstić information content (AvgIpc) is 2.96. The van der Waals surface area contributed by atoms with Gasteiger partial charge >= 0.3 is 0 Å². The molecule has 27 heavy (non-hydrogen) atoms. The van der Waals surface area contributed by atoms with Crippen molar-refractivity contribution >= 4 is 22.9 Å². The van der Waals surface area contributed by atoms with Gasteiger partial charge in [0, 0.05) is 35.2 Å². The van der Waals surface area contributed by atoms with Crippen molar-refractivity contribution in [1.29, 1.82) is 5.26 Å². The highest BCUT2D eigenvalue weighted by atomic mass is 16.1. The minimum Gasteiger partial charge on any atom is -0.349 e. The van der Waals surface area contributed by atoms with Gasteiger partial charge in [-0.3, -0.25) is 4.79 Å². The lowest BCUT2D eigenvalue weighted by molar-refractivity contribution is -0.117. The molecule has 2 aromatic carbocycles. The van der Waals surface area contributed by atoms with Crippen molar-refractivity contribution in [1.82, 2.24) is 9.88 Å². The van der Waals surface area contributed by atoms with Crippen LogP contribution < -0.4 is 5.32 Å². The molecule has 1 heterocycles. The number of carbonyl (C=O) groups is 1. The number of nitriles is 1. The van der Waals surface area contributed by atoms with Crippen LogP contribution in [0.25, 0.3) is 17.0 Å². The van der Waals surface area contributed by atoms with E-state index < -0.39 is 0 Å². The minimum atomic E-state index is -0.344. The summed E-state index contributed by atoms with van der Waals surface area (Å²) in [5.41, 5.74) is 4.49. The Labute approximate surface area is 159 Å². The summed E-state index contributed by atoms with van der Waals surface area (Å²) in [5.74, 6) is -0.344. The van der Waals surface area contributed by atoms with Gasteiger partial charge in [-0.05, 0) is 38.5 Å². The number of hydrogen-bond donors (Lipinski definition) is 1. The monoisotopic (exact) mass is 357 g/mol. The molecule has 4 nitrogen and oxygen atoms in total. The second-order valence-electron chi connectivity index (χ2n) is 7.02. The summed E-state index contributed by atoms with van der Waals surface area (Å²) in [6, 6.07) is 18.5. The van der Waals surface area contributed by atoms with Gasteiger partial charge in [0.1, 0.15) is 11.6 Å². The standard InChI is InChI=1S/C23H23N3O/c1-16(2)25-23(27)19(13-24)12-20-15-26(22-10-5-4-9-21(20)22)14-18-8-6-7-17(3)11-18/h4-12,15-16H,14H2,1-3H3,(H,25,27)/b19-12-. The van der Waals surface area contributed by atoms with Crippen LogP contribution >= 0.6 is 0 Å². The topological polar surface area (TPSA) is 57.8 Å². The molecular weight excluding hydrogens is 334 g/mol. The summed E-state index contributed by atoms with van der Waals surface area (Å²) in [6.45, 7) is 6.56. The third-order valence-corrected chi connectivity index (χ3v) is 4.34. The van der Waals surface area contributed by atoms with Crippen molar-refractivity contribution < 1.29 is 4.79 Å². The highest BCUT2D eigenvalue weighted by Crippen LogP contribution is 2.24. The summed E-state index contributed by atoms with van der Waals surface area (Å²) in [6.07, 6.45) is 3.68. The Morgan fingerprint density at radius 2 is 2.00 bits per heavy atom. The van der Waals surface area contributed by atoms with Crippen LogP contribution in [-0.4, -0.2) is 16.5 Å². The molecule has 0 saturated carbocycles. The first-order valence-electron chi connectivity index (χ1n) is 9.04. The molecule has 1 aromatic heterocycles. The first-order chi connectivity index (χ1) is 13.0. The number of nitrogens with zero attached hydrogens (tertiary/aromatic N) is 2. The number of rotatable bonds is 5. The third kappa shape index (κ3) is 4.27. The molecule has 3 rings (SSSR count). The van der Waals surface area contributed by atoms with E-state index in [0.29, 0.717) is 0 Å². The molecule has 0 atom stereocenters. The number of para-hydroxylation sites is 1. The van der Waals surface area contributed by atoms with Crippen molar-refractivity contribution in [2.75, 3.05) is 0 Å². The van der Waals surface area contributed by atoms with Gasteiger partial charge in [0.05, 0.1) is 0 Å². The van der Waals surface area contributed by atoms with Crippen LogP contribution in [0.4, 0.5) is 0 Å². The Hall–Kier alpha value is -3.32. The molecule has 0 saturated heterocycles. The highest BCUT2D eigenvalue weighted by molar-refractivity contribution is 6.04. The van der Waals surface area contributed by atoms with Gasteiger partial charge in [0.15, 0.2) is 0 Å². The number of nitrogens with one attached hydrogen (secondary N) is 1. The molecule has 0 fully saturated rings. The highest BCUT2D eigenvalue weighted by Gasteiger charge is 2.13. The number of benzene rings is 2. The fourth-order valence-corrected chi connectivity index (χ4v) is 3.17. The zero-order chi connectivity index (χ0) is 19.4. The number of amides is 1. The van der Waals surface area contributed by atoms with Crippen molar-refractivity contribution in [3.63, 3.8) is 0 Å². The number of fused-ring (bicyclic) bond motifs is 1. The summed E-state index contributed by atoms with van der Waals surface area (Å²) >= 11 is 0. The first-order valence-corrected chi connectivity index (χ1v) is 9.04. The number of aryl methyl sites for hydroxylation is 1. The molecule has 0 bridgehead atoms. The van der Waals surface area contributed by atoms with Crippen LogP contribution in [0.15, 0.2) is 60.3 Å². The smallest absolute Gasteiger partial charge is 0.262 e. The fraction of sp³-hybridized carbons (Fsp3) is 0.217. The molecule has 0 aliphatic carbocycles. The van der Waals surface area contributed by atoms with Gasteiger partial charge < -0.3 is 9.88 Å². The maximum atomic E-state index is 12.3. The lowest BCUT2D eigenvalue weighted by Gasteiger charge is -2.06. The van der Waals surface area contributed by atoms with Crippen LogP contribution in [0.3, 0.4) is 0 Å². The third-order valence-electron chi connectivity index (χ3n) is 4.34. The van der Waals surface area contributed by atoms with E-state index in [1.54, 1.807) is 6.08 Å². The Bertz CT molecular complexity index is 1050. The minimum absolute atomic E-state index is 0.0167. The Morgan fingerprint density at radius 3 is 2.70 bits per heavy atom. The van der Waals surface area contributed by atoms with E-state index in [1.165, 1.54) is 11.1 Å². The maximum absolute atomic E-state index is 12.3. The Kier molecular flexibility index (Phi) is 5.42. The number of hydrogen-bond acceptors (Lipinski definition) is 2. The van der Waals surface area contributed by atoms with E-state index in [4.69, 9.17) is 0 Å². The summed E-state index contributed by atoms with van der Waals surface area (Å²) in [7, 11) is 0. The SMILES string of the molecule is Cc1cccc(Cn2cc(/C=C(/C#N)C(=O)NC(C)C)c3ccccc32)c1. The van der Waals surface area contributed by atoms with Crippen molar-refractivity contribution in [2.24, 2.45) is 0 Å². The number of aromatic nitrogens is 1. The Balaban J connectivity index is 2.03. The van der Waals surface area contributed by atoms with E-state index >= 15 is 0 Å². The molecule has 0 spiro atoms. The molecule has 3 aromatic rings. The Morgan fingerprint density at radius 1 is 1.22 bits per heavy atom. The van der Waals surface area contributed by atoms with Crippen LogP contribution in [0.5, 0.6) is 0 Å². The van der Waals surface area contributed by atoms with Gasteiger partial charge in [0.25, 0.3) is 5.91 Å². The molecule has 1 amide bonds. The zero-order valence-electron chi connectivity index (χ0n) is 15.9. The van der Waals surface area contributed by atoms with E-state index in [9.17, 15) is 10.1 Å². The largest absolute Gasteiger partial charge is 0.349 e. The first kappa shape index (κ1) is 18.5. The quantitative estimate of drug-likeness (QED) is 0.542. The van der Waals surface area contributed by atoms with E-state index in [2.05, 4.69) is 47.1 Å². The van der Waals surface area contributed by atoms with Crippen LogP contribution in [0.2, 0.25) is 0 Å². The molecule has 4 heteroatoms. The van der Waals surface area contributed by atoms with E-state index in [0.717, 1.165) is 23.0 Å². The van der Waals surface area contributed by atoms with Crippen LogP contribution in [0, 0.1) is 18.3 Å². The molecule has 1 N–H and O–H groups in total. The second kappa shape index (κ2) is 7.92. The zero-order valence-corrected chi connectivity index (χ0v) is 15.9. The summed E-state index contributed by atoms with van der Waals surface area (Å²) < 4.78 is 2.16. The van der Waals surface area contributed by atoms with Crippen LogP contribution in [0.1, 0.15) is 30.5 Å². The molecule has 0 aliphatic rings. The lowest BCUT2D eigenvalue weighted by atomic mass is 10.1. The molecular formula is C23H23N3O. The summed E-state index contributed by atoms with van der Waals surface area (Å²) in [4.78, 5) is 12.3. The maximum Gasteiger partial charge on any atom is 0.262 e. The summed E-state index contributed by atoms with van der Waals surface area (Å²) in [5, 5.41) is 13.2. The predicted molar refractivity (Wildman–Crippen MR) is 109 cm³/mol. The molecule has 0 radical (unpaired) electrons. The van der Waals surface area contributed by atoms with Crippen molar-refractivity contribution in [3.8, 4) is 6.07 Å². The second-order valence-corrected chi connectivity index (χ2v) is 7.02. The van der Waals surface area contributed by atoms with Gasteiger partial charge in [-0.15, -0.1) is 0 Å². The van der Waals surface area contributed by atoms with E-state index in [1.807, 2.05) is 44.3 Å². The fourth-order valence-electron chi connectivity index (χ4n) is 3.17. The van der Waals surface area contributed by atoms with Gasteiger partial charge in [-0.1, -0.05) is 48.0 Å². The van der Waals surface area contributed by atoms with E-state index in [-0.39, 0.29) is 17.5 Å². The van der Waals surface area contributed by atoms with Gasteiger partial charge in [-0.25, -0.2) is 0 Å². The molecule has 0 aliphatic heterocycles. The van der Waals surface area contributed by atoms with Crippen molar-refractivity contribution in [2.45, 2.75) is 33.4 Å². The van der Waals surface area contributed by atoms with Crippen molar-refractivity contribution in [3.05, 3.63) is 77.0 Å². The van der Waals surface area contributed by atoms with Crippen LogP contribution in [-0.2, 0) is 11.3 Å².